The Morgan fingerprint density at radius 2 is 1.00 bits per heavy atom. The van der Waals surface area contributed by atoms with Crippen LogP contribution in [-0.2, 0) is 9.59 Å². The average molecular weight is 298 g/mol. The molecule has 0 bridgehead atoms. The molecule has 0 aromatic rings. The molecule has 0 unspecified atom stereocenters. The van der Waals surface area contributed by atoms with E-state index in [0.29, 0.717) is 12.8 Å². The van der Waals surface area contributed by atoms with E-state index in [9.17, 15) is 9.59 Å². The van der Waals surface area contributed by atoms with Crippen molar-refractivity contribution in [3.63, 3.8) is 0 Å². The third-order valence-electron chi connectivity index (χ3n) is 1.65. The predicted octanol–water partition coefficient (Wildman–Crippen LogP) is 0.130. The number of carboxylic acids is 2. The highest BCUT2D eigenvalue weighted by atomic mass is 16.5. The van der Waals surface area contributed by atoms with Gasteiger partial charge in [0, 0.05) is 0 Å². The summed E-state index contributed by atoms with van der Waals surface area (Å²) in [5, 5.41) is 48.2. The smallest absolute Gasteiger partial charge is 0.303 e. The molecule has 122 valence electrons. The highest BCUT2D eigenvalue weighted by Gasteiger charge is 2.00. The molecule has 6 N–H and O–H groups in total. The van der Waals surface area contributed by atoms with Crippen LogP contribution in [0.25, 0.3) is 0 Å². The highest BCUT2D eigenvalue weighted by molar-refractivity contribution is 5.75. The van der Waals surface area contributed by atoms with Crippen molar-refractivity contribution in [2.24, 2.45) is 0 Å². The Bertz CT molecular complexity index is 203. The average Bonchev–Trinajstić information content (AvgIpc) is 2.27. The second kappa shape index (κ2) is 17.8. The van der Waals surface area contributed by atoms with Gasteiger partial charge in [-0.25, -0.2) is 0 Å². The molecule has 0 aliphatic carbocycles. The van der Waals surface area contributed by atoms with Gasteiger partial charge in [0.2, 0.25) is 0 Å². The van der Waals surface area contributed by atoms with E-state index in [0.717, 1.165) is 12.8 Å². The number of aliphatic hydroxyl groups is 4. The summed E-state index contributed by atoms with van der Waals surface area (Å²) in [6.45, 7) is 3.80. The van der Waals surface area contributed by atoms with Gasteiger partial charge in [-0.1, -0.05) is 26.7 Å². The molecule has 0 amide bonds. The lowest BCUT2D eigenvalue weighted by Crippen LogP contribution is -2.01. The van der Waals surface area contributed by atoms with Gasteiger partial charge in [0.05, 0.1) is 12.8 Å². The number of hydrogen-bond donors (Lipinski definition) is 6. The molecule has 8 nitrogen and oxygen atoms in total. The van der Waals surface area contributed by atoms with Crippen LogP contribution in [0, 0.1) is 0 Å². The lowest BCUT2D eigenvalue weighted by molar-refractivity contribution is -0.143. The van der Waals surface area contributed by atoms with E-state index in [2.05, 4.69) is 0 Å². The van der Waals surface area contributed by atoms with E-state index < -0.39 is 24.5 Å². The fourth-order valence-electron chi connectivity index (χ4n) is 0.730. The van der Waals surface area contributed by atoms with E-state index in [-0.39, 0.29) is 12.8 Å². The number of aliphatic hydroxyl groups excluding tert-OH is 2. The van der Waals surface area contributed by atoms with Gasteiger partial charge in [0.25, 0.3) is 0 Å². The van der Waals surface area contributed by atoms with Crippen molar-refractivity contribution in [1.82, 2.24) is 0 Å². The molecule has 0 atom stereocenters. The monoisotopic (exact) mass is 298 g/mol. The zero-order valence-corrected chi connectivity index (χ0v) is 11.9. The van der Waals surface area contributed by atoms with Gasteiger partial charge in [-0.2, -0.15) is 0 Å². The summed E-state index contributed by atoms with van der Waals surface area (Å²) < 4.78 is 0. The van der Waals surface area contributed by atoms with E-state index >= 15 is 0 Å². The summed E-state index contributed by atoms with van der Waals surface area (Å²) in [6.07, 6.45) is -0.162. The van der Waals surface area contributed by atoms with Gasteiger partial charge < -0.3 is 30.6 Å². The Hall–Kier alpha value is -1.22. The molecule has 8 heteroatoms. The van der Waals surface area contributed by atoms with Crippen LogP contribution >= 0.6 is 0 Å². The minimum atomic E-state index is -1.10. The maximum atomic E-state index is 9.64. The molecule has 0 aromatic carbocycles. The lowest BCUT2D eigenvalue weighted by Gasteiger charge is -1.94. The van der Waals surface area contributed by atoms with Gasteiger partial charge in [-0.3, -0.25) is 9.59 Å². The van der Waals surface area contributed by atoms with Gasteiger partial charge >= 0.3 is 11.9 Å². The van der Waals surface area contributed by atoms with Gasteiger partial charge in [0.15, 0.2) is 12.6 Å². The van der Waals surface area contributed by atoms with Crippen molar-refractivity contribution in [2.45, 2.75) is 65.0 Å². The minimum Gasteiger partial charge on any atom is -0.481 e. The summed E-state index contributed by atoms with van der Waals surface area (Å²) in [5.41, 5.74) is 0. The molecule has 0 saturated carbocycles. The maximum Gasteiger partial charge on any atom is 0.303 e. The molecule has 0 fully saturated rings. The molecule has 0 rings (SSSR count). The Kier molecular flexibility index (Phi) is 21.2. The Morgan fingerprint density at radius 1 is 0.750 bits per heavy atom. The summed E-state index contributed by atoms with van der Waals surface area (Å²) in [4.78, 5) is 19.3. The molecule has 0 aromatic heterocycles. The maximum absolute atomic E-state index is 9.64. The first kappa shape index (κ1) is 23.8. The highest BCUT2D eigenvalue weighted by Crippen LogP contribution is 1.89. The van der Waals surface area contributed by atoms with Crippen LogP contribution < -0.4 is 0 Å². The molecule has 20 heavy (non-hydrogen) atoms. The number of hydrogen-bond acceptors (Lipinski definition) is 6. The summed E-state index contributed by atoms with van der Waals surface area (Å²) in [6, 6.07) is 0. The summed E-state index contributed by atoms with van der Waals surface area (Å²) in [5.74, 6) is -2.15. The predicted molar refractivity (Wildman–Crippen MR) is 70.8 cm³/mol. The Morgan fingerprint density at radius 3 is 1.05 bits per heavy atom. The fraction of sp³-hybridized carbons (Fsp3) is 0.833. The van der Waals surface area contributed by atoms with Crippen molar-refractivity contribution in [3.8, 4) is 0 Å². The van der Waals surface area contributed by atoms with Crippen LogP contribution in [0.15, 0.2) is 0 Å². The summed E-state index contributed by atoms with van der Waals surface area (Å²) in [7, 11) is 0. The minimum absolute atomic E-state index is 0.296. The van der Waals surface area contributed by atoms with Crippen molar-refractivity contribution in [2.75, 3.05) is 0 Å². The standard InChI is InChI=1S/C4H6O4.2C4H10O2/c5-3(6)1-2-4(7)8;2*1-2-3-4(5)6/h1-2H2,(H,5,6)(H,7,8);2*4-6H,2-3H2,1H3. The second-order valence-corrected chi connectivity index (χ2v) is 3.83. The van der Waals surface area contributed by atoms with E-state index in [1.165, 1.54) is 0 Å². The quantitative estimate of drug-likeness (QED) is 0.362. The molecular weight excluding hydrogens is 272 g/mol. The lowest BCUT2D eigenvalue weighted by atomic mass is 10.3. The number of aliphatic carboxylic acids is 2. The fourth-order valence-corrected chi connectivity index (χ4v) is 0.730. The third kappa shape index (κ3) is 43.7. The van der Waals surface area contributed by atoms with Gasteiger partial charge in [-0.05, 0) is 12.8 Å². The SMILES string of the molecule is CCCC(O)O.CCCC(O)O.O=C(O)CCC(=O)O. The molecule has 0 aliphatic heterocycles. The van der Waals surface area contributed by atoms with Crippen LogP contribution in [0.2, 0.25) is 0 Å². The molecule has 0 heterocycles. The summed E-state index contributed by atoms with van der Waals surface area (Å²) >= 11 is 0. The van der Waals surface area contributed by atoms with Crippen molar-refractivity contribution < 1.29 is 40.2 Å². The first-order valence-electron chi connectivity index (χ1n) is 6.33. The van der Waals surface area contributed by atoms with E-state index in [1.807, 2.05) is 13.8 Å². The first-order chi connectivity index (χ1) is 9.17. The molecular formula is C12H26O8. The molecule has 0 aliphatic rings. The van der Waals surface area contributed by atoms with Crippen molar-refractivity contribution in [1.29, 1.82) is 0 Å². The zero-order chi connectivity index (χ0) is 16.6. The van der Waals surface area contributed by atoms with Gasteiger partial charge in [0.1, 0.15) is 0 Å². The number of rotatable bonds is 7. The van der Waals surface area contributed by atoms with Crippen LogP contribution in [-0.4, -0.2) is 55.2 Å². The zero-order valence-electron chi connectivity index (χ0n) is 11.9. The van der Waals surface area contributed by atoms with Crippen LogP contribution in [0.1, 0.15) is 52.4 Å². The van der Waals surface area contributed by atoms with Crippen LogP contribution in [0.5, 0.6) is 0 Å². The molecule has 0 radical (unpaired) electrons. The van der Waals surface area contributed by atoms with Crippen molar-refractivity contribution >= 4 is 11.9 Å². The van der Waals surface area contributed by atoms with E-state index in [1.54, 1.807) is 0 Å². The topological polar surface area (TPSA) is 156 Å². The van der Waals surface area contributed by atoms with Crippen LogP contribution in [0.4, 0.5) is 0 Å². The first-order valence-corrected chi connectivity index (χ1v) is 6.33. The molecule has 0 spiro atoms. The van der Waals surface area contributed by atoms with E-state index in [4.69, 9.17) is 30.6 Å². The molecule has 0 saturated heterocycles. The Balaban J connectivity index is -0.000000221. The number of carboxylic acid groups (broad SMARTS) is 2. The normalized spacial score (nSPS) is 9.40. The van der Waals surface area contributed by atoms with Gasteiger partial charge in [-0.15, -0.1) is 0 Å². The Labute approximate surface area is 118 Å². The second-order valence-electron chi connectivity index (χ2n) is 3.83. The third-order valence-corrected chi connectivity index (χ3v) is 1.65. The van der Waals surface area contributed by atoms with Crippen LogP contribution in [0.3, 0.4) is 0 Å². The number of carbonyl (C=O) groups is 2. The largest absolute Gasteiger partial charge is 0.481 e. The van der Waals surface area contributed by atoms with Crippen molar-refractivity contribution in [3.05, 3.63) is 0 Å².